The van der Waals surface area contributed by atoms with Gasteiger partial charge in [-0.25, -0.2) is 9.67 Å². The highest BCUT2D eigenvalue weighted by molar-refractivity contribution is 5.92. The van der Waals surface area contributed by atoms with E-state index >= 15 is 0 Å². The SMILES string of the molecule is COc1cccc(CN2CCCN(C(C)=O)c3ccccc3CN(C(=O)Cn3cncn3)CC2)c1. The maximum absolute atomic E-state index is 13.3. The number of carbonyl (C=O) groups excluding carboxylic acids is 2. The predicted molar refractivity (Wildman–Crippen MR) is 133 cm³/mol. The molecule has 9 nitrogen and oxygen atoms in total. The van der Waals surface area contributed by atoms with Crippen molar-refractivity contribution in [1.82, 2.24) is 24.6 Å². The van der Waals surface area contributed by atoms with Gasteiger partial charge in [0.15, 0.2) is 0 Å². The van der Waals surface area contributed by atoms with E-state index in [-0.39, 0.29) is 18.4 Å². The molecule has 0 N–H and O–H groups in total. The second-order valence-corrected chi connectivity index (χ2v) is 8.69. The number of ether oxygens (including phenoxy) is 1. The van der Waals surface area contributed by atoms with Gasteiger partial charge < -0.3 is 14.5 Å². The smallest absolute Gasteiger partial charge is 0.244 e. The third kappa shape index (κ3) is 6.45. The first kappa shape index (κ1) is 24.4. The van der Waals surface area contributed by atoms with E-state index in [1.807, 2.05) is 52.3 Å². The summed E-state index contributed by atoms with van der Waals surface area (Å²) in [5.41, 5.74) is 2.96. The van der Waals surface area contributed by atoms with Crippen molar-refractivity contribution in [2.45, 2.75) is 33.0 Å². The van der Waals surface area contributed by atoms with Crippen LogP contribution in [0.15, 0.2) is 61.2 Å². The Bertz CT molecular complexity index is 1130. The van der Waals surface area contributed by atoms with E-state index in [9.17, 15) is 9.59 Å². The summed E-state index contributed by atoms with van der Waals surface area (Å²) >= 11 is 0. The minimum atomic E-state index is -0.0414. The number of amides is 2. The molecule has 9 heteroatoms. The van der Waals surface area contributed by atoms with Gasteiger partial charge in [-0.3, -0.25) is 14.5 Å². The molecular weight excluding hydrogens is 444 g/mol. The lowest BCUT2D eigenvalue weighted by Gasteiger charge is -2.28. The maximum atomic E-state index is 13.3. The first-order valence-electron chi connectivity index (χ1n) is 11.8. The Morgan fingerprint density at radius 2 is 1.89 bits per heavy atom. The number of hydrogen-bond donors (Lipinski definition) is 0. The number of benzene rings is 2. The Morgan fingerprint density at radius 1 is 1.03 bits per heavy atom. The van der Waals surface area contributed by atoms with Crippen LogP contribution < -0.4 is 9.64 Å². The number of rotatable bonds is 5. The minimum Gasteiger partial charge on any atom is -0.497 e. The van der Waals surface area contributed by atoms with Crippen LogP contribution in [0.2, 0.25) is 0 Å². The van der Waals surface area contributed by atoms with Crippen molar-refractivity contribution in [2.75, 3.05) is 38.2 Å². The van der Waals surface area contributed by atoms with Crippen LogP contribution in [0.4, 0.5) is 5.69 Å². The van der Waals surface area contributed by atoms with Crippen molar-refractivity contribution in [2.24, 2.45) is 0 Å². The molecule has 1 aliphatic rings. The van der Waals surface area contributed by atoms with E-state index in [1.54, 1.807) is 20.4 Å². The molecule has 0 bridgehead atoms. The zero-order chi connectivity index (χ0) is 24.6. The highest BCUT2D eigenvalue weighted by Gasteiger charge is 2.22. The third-order valence-electron chi connectivity index (χ3n) is 6.22. The second kappa shape index (κ2) is 11.6. The van der Waals surface area contributed by atoms with Gasteiger partial charge in [-0.1, -0.05) is 30.3 Å². The van der Waals surface area contributed by atoms with Crippen molar-refractivity contribution in [1.29, 1.82) is 0 Å². The summed E-state index contributed by atoms with van der Waals surface area (Å²) in [6.07, 6.45) is 3.80. The van der Waals surface area contributed by atoms with E-state index in [1.165, 1.54) is 11.0 Å². The molecule has 0 saturated carbocycles. The fraction of sp³-hybridized carbons (Fsp3) is 0.385. The first-order valence-corrected chi connectivity index (χ1v) is 11.8. The van der Waals surface area contributed by atoms with E-state index in [0.717, 1.165) is 42.1 Å². The predicted octanol–water partition coefficient (Wildman–Crippen LogP) is 2.57. The standard InChI is InChI=1S/C26H32N6O3/c1-21(33)32-12-6-11-29(16-22-7-5-9-24(15-22)35-2)13-14-30(17-23-8-3-4-10-25(23)32)26(34)18-31-20-27-19-28-31/h3-5,7-10,15,19-20H,6,11-14,16-18H2,1-2H3. The van der Waals surface area contributed by atoms with E-state index in [2.05, 4.69) is 21.0 Å². The van der Waals surface area contributed by atoms with Gasteiger partial charge in [0, 0.05) is 51.9 Å². The summed E-state index contributed by atoms with van der Waals surface area (Å²) in [6, 6.07) is 15.9. The summed E-state index contributed by atoms with van der Waals surface area (Å²) in [4.78, 5) is 35.8. The fourth-order valence-corrected chi connectivity index (χ4v) is 4.42. The summed E-state index contributed by atoms with van der Waals surface area (Å²) in [5, 5.41) is 4.09. The Labute approximate surface area is 205 Å². The number of carbonyl (C=O) groups is 2. The molecule has 0 atom stereocenters. The summed E-state index contributed by atoms with van der Waals surface area (Å²) in [5.74, 6) is 0.778. The topological polar surface area (TPSA) is 83.8 Å². The van der Waals surface area contributed by atoms with Crippen LogP contribution >= 0.6 is 0 Å². The van der Waals surface area contributed by atoms with Crippen molar-refractivity contribution in [3.05, 3.63) is 72.3 Å². The molecule has 0 spiro atoms. The van der Waals surface area contributed by atoms with Gasteiger partial charge in [0.05, 0.1) is 7.11 Å². The number of methoxy groups -OCH3 is 1. The molecule has 2 amide bonds. The van der Waals surface area contributed by atoms with Crippen LogP contribution in [0, 0.1) is 0 Å². The number of hydrogen-bond acceptors (Lipinski definition) is 6. The third-order valence-corrected chi connectivity index (χ3v) is 6.22. The molecule has 2 aromatic carbocycles. The van der Waals surface area contributed by atoms with Gasteiger partial charge in [0.2, 0.25) is 11.8 Å². The largest absolute Gasteiger partial charge is 0.497 e. The number of para-hydroxylation sites is 1. The average Bonchev–Trinajstić information content (AvgIpc) is 3.36. The molecule has 0 aliphatic carbocycles. The van der Waals surface area contributed by atoms with Gasteiger partial charge in [0.1, 0.15) is 24.9 Å². The Balaban J connectivity index is 1.60. The summed E-state index contributed by atoms with van der Waals surface area (Å²) < 4.78 is 6.92. The Kier molecular flexibility index (Phi) is 8.10. The van der Waals surface area contributed by atoms with Gasteiger partial charge in [-0.15, -0.1) is 0 Å². The second-order valence-electron chi connectivity index (χ2n) is 8.69. The number of anilines is 1. The molecule has 2 heterocycles. The van der Waals surface area contributed by atoms with Gasteiger partial charge in [0.25, 0.3) is 0 Å². The van der Waals surface area contributed by atoms with Crippen molar-refractivity contribution in [3.8, 4) is 5.75 Å². The van der Waals surface area contributed by atoms with Gasteiger partial charge >= 0.3 is 0 Å². The fourth-order valence-electron chi connectivity index (χ4n) is 4.42. The van der Waals surface area contributed by atoms with Crippen LogP contribution in [0.25, 0.3) is 0 Å². The Hall–Kier alpha value is -3.72. The van der Waals surface area contributed by atoms with Crippen LogP contribution in [0.3, 0.4) is 0 Å². The van der Waals surface area contributed by atoms with Crippen LogP contribution in [-0.2, 0) is 29.2 Å². The first-order chi connectivity index (χ1) is 17.0. The normalized spacial score (nSPS) is 15.3. The van der Waals surface area contributed by atoms with E-state index in [4.69, 9.17) is 4.74 Å². The maximum Gasteiger partial charge on any atom is 0.244 e. The van der Waals surface area contributed by atoms with E-state index < -0.39 is 0 Å². The van der Waals surface area contributed by atoms with E-state index in [0.29, 0.717) is 26.2 Å². The highest BCUT2D eigenvalue weighted by atomic mass is 16.5. The molecule has 3 aromatic rings. The summed E-state index contributed by atoms with van der Waals surface area (Å²) in [6.45, 7) is 5.55. The molecule has 0 unspecified atom stereocenters. The molecule has 184 valence electrons. The molecule has 35 heavy (non-hydrogen) atoms. The molecular formula is C26H32N6O3. The number of nitrogens with zero attached hydrogens (tertiary/aromatic N) is 6. The van der Waals surface area contributed by atoms with Gasteiger partial charge in [-0.2, -0.15) is 5.10 Å². The number of aromatic nitrogens is 3. The molecule has 0 saturated heterocycles. The summed E-state index contributed by atoms with van der Waals surface area (Å²) in [7, 11) is 1.67. The zero-order valence-corrected chi connectivity index (χ0v) is 20.3. The molecule has 4 rings (SSSR count). The lowest BCUT2D eigenvalue weighted by atomic mass is 10.1. The molecule has 0 fully saturated rings. The lowest BCUT2D eigenvalue weighted by Crippen LogP contribution is -2.40. The van der Waals surface area contributed by atoms with Crippen molar-refractivity contribution < 1.29 is 14.3 Å². The highest BCUT2D eigenvalue weighted by Crippen LogP contribution is 2.24. The van der Waals surface area contributed by atoms with Crippen molar-refractivity contribution in [3.63, 3.8) is 0 Å². The van der Waals surface area contributed by atoms with Crippen LogP contribution in [0.5, 0.6) is 5.75 Å². The average molecular weight is 477 g/mol. The zero-order valence-electron chi connectivity index (χ0n) is 20.3. The molecule has 1 aromatic heterocycles. The van der Waals surface area contributed by atoms with Crippen molar-refractivity contribution >= 4 is 17.5 Å². The lowest BCUT2D eigenvalue weighted by molar-refractivity contribution is -0.133. The Morgan fingerprint density at radius 3 is 2.66 bits per heavy atom. The quantitative estimate of drug-likeness (QED) is 0.563. The van der Waals surface area contributed by atoms with Crippen LogP contribution in [-0.4, -0.2) is 69.7 Å². The molecule has 1 aliphatic heterocycles. The monoisotopic (exact) mass is 476 g/mol. The van der Waals surface area contributed by atoms with Gasteiger partial charge in [-0.05, 0) is 35.7 Å². The molecule has 0 radical (unpaired) electrons. The van der Waals surface area contributed by atoms with Crippen LogP contribution in [0.1, 0.15) is 24.5 Å². The minimum absolute atomic E-state index is 0.00321. The number of fused-ring (bicyclic) bond motifs is 1.